The van der Waals surface area contributed by atoms with E-state index in [1.54, 1.807) is 6.92 Å². The van der Waals surface area contributed by atoms with Gasteiger partial charge in [-0.2, -0.15) is 0 Å². The molecule has 9 heteroatoms. The molecule has 4 aromatic rings. The lowest BCUT2D eigenvalue weighted by molar-refractivity contribution is -0.385. The molecule has 0 saturated heterocycles. The molecule has 0 spiro atoms. The van der Waals surface area contributed by atoms with Crippen molar-refractivity contribution in [3.63, 3.8) is 0 Å². The van der Waals surface area contributed by atoms with Crippen LogP contribution in [0.4, 0.5) is 11.4 Å². The summed E-state index contributed by atoms with van der Waals surface area (Å²) in [5, 5.41) is 16.7. The van der Waals surface area contributed by atoms with Gasteiger partial charge in [-0.1, -0.05) is 26.0 Å². The minimum absolute atomic E-state index is 0.0469. The maximum atomic E-state index is 12.5. The Morgan fingerprint density at radius 1 is 1.17 bits per heavy atom. The molecule has 1 heterocycles. The van der Waals surface area contributed by atoms with E-state index in [9.17, 15) is 14.9 Å². The van der Waals surface area contributed by atoms with Gasteiger partial charge >= 0.3 is 0 Å². The summed E-state index contributed by atoms with van der Waals surface area (Å²) in [5.74, 6) is 0.465. The van der Waals surface area contributed by atoms with Crippen molar-refractivity contribution in [2.24, 2.45) is 0 Å². The molecular weight excluding hydrogens is 464 g/mol. The van der Waals surface area contributed by atoms with E-state index in [0.29, 0.717) is 28.6 Å². The van der Waals surface area contributed by atoms with Crippen LogP contribution < -0.4 is 10.6 Å². The summed E-state index contributed by atoms with van der Waals surface area (Å²) in [6.07, 6.45) is 1.05. The quantitative estimate of drug-likeness (QED) is 0.185. The lowest BCUT2D eigenvalue weighted by atomic mass is 9.98. The van der Waals surface area contributed by atoms with Gasteiger partial charge < -0.3 is 9.73 Å². The molecule has 1 atom stereocenters. The molecule has 1 unspecified atom stereocenters. The van der Waals surface area contributed by atoms with Crippen molar-refractivity contribution < 1.29 is 14.1 Å². The van der Waals surface area contributed by atoms with Gasteiger partial charge in [0.1, 0.15) is 5.52 Å². The SMILES string of the molecule is CCC(C)c1ccc2oc(-c3cccc(NC(=S)NC(=O)c4ccc([N+](=O)[O-])c(C)c4)c3)nc2c1. The third kappa shape index (κ3) is 5.36. The second-order valence-corrected chi connectivity index (χ2v) is 8.71. The number of hydrogen-bond acceptors (Lipinski definition) is 6. The molecular formula is C26H24N4O4S. The highest BCUT2D eigenvalue weighted by Gasteiger charge is 2.15. The van der Waals surface area contributed by atoms with E-state index in [0.717, 1.165) is 17.5 Å². The molecule has 0 fully saturated rings. The van der Waals surface area contributed by atoms with Crippen LogP contribution in [0.2, 0.25) is 0 Å². The summed E-state index contributed by atoms with van der Waals surface area (Å²) < 4.78 is 5.95. The van der Waals surface area contributed by atoms with Crippen LogP contribution in [0.3, 0.4) is 0 Å². The number of thiocarbonyl (C=S) groups is 1. The molecule has 0 aliphatic heterocycles. The Morgan fingerprint density at radius 3 is 2.69 bits per heavy atom. The first-order valence-corrected chi connectivity index (χ1v) is 11.5. The average molecular weight is 489 g/mol. The predicted molar refractivity (Wildman–Crippen MR) is 140 cm³/mol. The topological polar surface area (TPSA) is 110 Å². The van der Waals surface area contributed by atoms with Gasteiger partial charge in [-0.05, 0) is 79.5 Å². The zero-order valence-electron chi connectivity index (χ0n) is 19.5. The molecule has 0 radical (unpaired) electrons. The third-order valence-electron chi connectivity index (χ3n) is 5.84. The Hall–Kier alpha value is -4.11. The number of rotatable bonds is 6. The predicted octanol–water partition coefficient (Wildman–Crippen LogP) is 6.35. The number of amides is 1. The average Bonchev–Trinajstić information content (AvgIpc) is 3.27. The highest BCUT2D eigenvalue weighted by atomic mass is 32.1. The Bertz CT molecular complexity index is 1450. The molecule has 4 rings (SSSR count). The molecule has 3 aromatic carbocycles. The van der Waals surface area contributed by atoms with Crippen molar-refractivity contribution in [1.29, 1.82) is 0 Å². The van der Waals surface area contributed by atoms with E-state index >= 15 is 0 Å². The number of carbonyl (C=O) groups excluding carboxylic acids is 1. The van der Waals surface area contributed by atoms with Crippen LogP contribution in [0, 0.1) is 17.0 Å². The second-order valence-electron chi connectivity index (χ2n) is 8.30. The summed E-state index contributed by atoms with van der Waals surface area (Å²) in [4.78, 5) is 27.7. The number of oxazole rings is 1. The summed E-state index contributed by atoms with van der Waals surface area (Å²) >= 11 is 5.28. The van der Waals surface area contributed by atoms with Crippen LogP contribution in [-0.2, 0) is 0 Å². The maximum absolute atomic E-state index is 12.5. The van der Waals surface area contributed by atoms with Crippen molar-refractivity contribution in [2.45, 2.75) is 33.1 Å². The van der Waals surface area contributed by atoms with Gasteiger partial charge in [0.2, 0.25) is 5.89 Å². The van der Waals surface area contributed by atoms with Crippen molar-refractivity contribution in [3.05, 3.63) is 87.5 Å². The smallest absolute Gasteiger partial charge is 0.272 e. The highest BCUT2D eigenvalue weighted by molar-refractivity contribution is 7.80. The molecule has 0 bridgehead atoms. The number of carbonyl (C=O) groups is 1. The van der Waals surface area contributed by atoms with E-state index in [1.807, 2.05) is 30.3 Å². The molecule has 35 heavy (non-hydrogen) atoms. The fraction of sp³-hybridized carbons (Fsp3) is 0.192. The maximum Gasteiger partial charge on any atom is 0.272 e. The zero-order valence-corrected chi connectivity index (χ0v) is 20.3. The highest BCUT2D eigenvalue weighted by Crippen LogP contribution is 2.29. The molecule has 1 amide bonds. The summed E-state index contributed by atoms with van der Waals surface area (Å²) in [6, 6.07) is 17.6. The number of nitro benzene ring substituents is 1. The number of nitro groups is 1. The first-order valence-electron chi connectivity index (χ1n) is 11.1. The second kappa shape index (κ2) is 10.0. The van der Waals surface area contributed by atoms with Gasteiger partial charge in [-0.25, -0.2) is 4.98 Å². The summed E-state index contributed by atoms with van der Waals surface area (Å²) in [7, 11) is 0. The van der Waals surface area contributed by atoms with Crippen LogP contribution in [0.1, 0.15) is 47.7 Å². The molecule has 0 aliphatic rings. The number of nitrogens with zero attached hydrogens (tertiary/aromatic N) is 2. The molecule has 8 nitrogen and oxygen atoms in total. The van der Waals surface area contributed by atoms with Gasteiger partial charge in [-0.3, -0.25) is 20.2 Å². The fourth-order valence-corrected chi connectivity index (χ4v) is 3.89. The molecule has 1 aromatic heterocycles. The summed E-state index contributed by atoms with van der Waals surface area (Å²) in [5.41, 5.74) is 4.77. The van der Waals surface area contributed by atoms with Crippen LogP contribution in [0.5, 0.6) is 0 Å². The van der Waals surface area contributed by atoms with E-state index in [1.165, 1.54) is 23.8 Å². The van der Waals surface area contributed by atoms with Crippen LogP contribution in [0.15, 0.2) is 65.1 Å². The van der Waals surface area contributed by atoms with E-state index in [4.69, 9.17) is 16.6 Å². The van der Waals surface area contributed by atoms with Gasteiger partial charge in [0.05, 0.1) is 4.92 Å². The van der Waals surface area contributed by atoms with Gasteiger partial charge in [-0.15, -0.1) is 0 Å². The number of fused-ring (bicyclic) bond motifs is 1. The summed E-state index contributed by atoms with van der Waals surface area (Å²) in [6.45, 7) is 5.91. The van der Waals surface area contributed by atoms with Crippen LogP contribution in [0.25, 0.3) is 22.6 Å². The number of hydrogen-bond donors (Lipinski definition) is 2. The van der Waals surface area contributed by atoms with Gasteiger partial charge in [0, 0.05) is 28.4 Å². The first kappa shape index (κ1) is 24.0. The minimum atomic E-state index is -0.488. The normalized spacial score (nSPS) is 11.7. The Kier molecular flexibility index (Phi) is 6.88. The zero-order chi connectivity index (χ0) is 25.1. The number of nitrogens with one attached hydrogen (secondary N) is 2. The number of anilines is 1. The largest absolute Gasteiger partial charge is 0.436 e. The fourth-order valence-electron chi connectivity index (χ4n) is 3.68. The first-order chi connectivity index (χ1) is 16.7. The molecule has 178 valence electrons. The third-order valence-corrected chi connectivity index (χ3v) is 6.05. The Morgan fingerprint density at radius 2 is 1.97 bits per heavy atom. The number of benzene rings is 3. The van der Waals surface area contributed by atoms with Crippen LogP contribution in [-0.4, -0.2) is 20.9 Å². The lowest BCUT2D eigenvalue weighted by Crippen LogP contribution is -2.34. The molecule has 0 aliphatic carbocycles. The monoisotopic (exact) mass is 488 g/mol. The van der Waals surface area contributed by atoms with Gasteiger partial charge in [0.25, 0.3) is 11.6 Å². The van der Waals surface area contributed by atoms with Crippen molar-refractivity contribution in [2.75, 3.05) is 5.32 Å². The van der Waals surface area contributed by atoms with Crippen LogP contribution >= 0.6 is 12.2 Å². The lowest BCUT2D eigenvalue weighted by Gasteiger charge is -2.10. The van der Waals surface area contributed by atoms with Crippen molar-refractivity contribution >= 4 is 45.7 Å². The Balaban J connectivity index is 1.47. The number of aryl methyl sites for hydroxylation is 1. The van der Waals surface area contributed by atoms with E-state index in [2.05, 4.69) is 41.6 Å². The van der Waals surface area contributed by atoms with Crippen molar-refractivity contribution in [3.8, 4) is 11.5 Å². The number of aromatic nitrogens is 1. The van der Waals surface area contributed by atoms with E-state index in [-0.39, 0.29) is 16.4 Å². The van der Waals surface area contributed by atoms with E-state index < -0.39 is 10.8 Å². The molecule has 2 N–H and O–H groups in total. The molecule has 0 saturated carbocycles. The Labute approximate surface area is 207 Å². The van der Waals surface area contributed by atoms with Crippen molar-refractivity contribution in [1.82, 2.24) is 10.3 Å². The minimum Gasteiger partial charge on any atom is -0.436 e. The van der Waals surface area contributed by atoms with Gasteiger partial charge in [0.15, 0.2) is 10.7 Å². The standard InChI is InChI=1S/C26H24N4O4S/c1-4-15(2)17-9-11-23-21(14-17)28-25(34-23)19-6-5-7-20(13-19)27-26(35)29-24(31)18-8-10-22(30(32)33)16(3)12-18/h5-15H,4H2,1-3H3,(H2,27,29,31,35).